The third-order valence-electron chi connectivity index (χ3n) is 4.27. The molecule has 0 radical (unpaired) electrons. The SMILES string of the molecule is NC(=O)C(c1ccccc1)N1CCN(Cc2ccccn2)CC1. The van der Waals surface area contributed by atoms with Crippen LogP contribution in [0.25, 0.3) is 0 Å². The number of carbonyl (C=O) groups excluding carboxylic acids is 1. The van der Waals surface area contributed by atoms with Crippen molar-refractivity contribution in [1.29, 1.82) is 0 Å². The van der Waals surface area contributed by atoms with E-state index in [0.717, 1.165) is 44.0 Å². The van der Waals surface area contributed by atoms with E-state index in [2.05, 4.69) is 14.8 Å². The Morgan fingerprint density at radius 3 is 2.35 bits per heavy atom. The number of piperazine rings is 1. The number of benzene rings is 1. The molecule has 2 heterocycles. The number of nitrogens with two attached hydrogens (primary N) is 1. The molecule has 1 aromatic heterocycles. The Hall–Kier alpha value is -2.24. The van der Waals surface area contributed by atoms with Crippen molar-refractivity contribution in [3.8, 4) is 0 Å². The van der Waals surface area contributed by atoms with Gasteiger partial charge in [-0.15, -0.1) is 0 Å². The molecule has 5 heteroatoms. The van der Waals surface area contributed by atoms with Gasteiger partial charge in [0.05, 0.1) is 5.69 Å². The highest BCUT2D eigenvalue weighted by molar-refractivity contribution is 5.81. The molecule has 1 aromatic carbocycles. The molecular formula is C18H22N4O. The van der Waals surface area contributed by atoms with Gasteiger partial charge in [0.1, 0.15) is 6.04 Å². The molecular weight excluding hydrogens is 288 g/mol. The Balaban J connectivity index is 1.62. The van der Waals surface area contributed by atoms with Crippen molar-refractivity contribution in [3.05, 3.63) is 66.0 Å². The molecule has 1 saturated heterocycles. The van der Waals surface area contributed by atoms with E-state index >= 15 is 0 Å². The number of hydrogen-bond acceptors (Lipinski definition) is 4. The van der Waals surface area contributed by atoms with Gasteiger partial charge in [-0.3, -0.25) is 19.6 Å². The smallest absolute Gasteiger partial charge is 0.239 e. The zero-order valence-corrected chi connectivity index (χ0v) is 13.1. The third-order valence-corrected chi connectivity index (χ3v) is 4.27. The molecule has 120 valence electrons. The van der Waals surface area contributed by atoms with Crippen LogP contribution in [0.1, 0.15) is 17.3 Å². The van der Waals surface area contributed by atoms with E-state index in [-0.39, 0.29) is 11.9 Å². The van der Waals surface area contributed by atoms with Crippen molar-refractivity contribution < 1.29 is 4.79 Å². The number of aromatic nitrogens is 1. The molecule has 23 heavy (non-hydrogen) atoms. The van der Waals surface area contributed by atoms with Crippen LogP contribution in [0.2, 0.25) is 0 Å². The summed E-state index contributed by atoms with van der Waals surface area (Å²) in [7, 11) is 0. The maximum Gasteiger partial charge on any atom is 0.239 e. The molecule has 2 N–H and O–H groups in total. The van der Waals surface area contributed by atoms with Crippen molar-refractivity contribution in [3.63, 3.8) is 0 Å². The number of nitrogens with zero attached hydrogens (tertiary/aromatic N) is 3. The van der Waals surface area contributed by atoms with Crippen LogP contribution in [-0.4, -0.2) is 46.9 Å². The Kier molecular flexibility index (Phi) is 5.00. The van der Waals surface area contributed by atoms with Gasteiger partial charge < -0.3 is 5.73 Å². The lowest BCUT2D eigenvalue weighted by atomic mass is 10.0. The summed E-state index contributed by atoms with van der Waals surface area (Å²) >= 11 is 0. The van der Waals surface area contributed by atoms with Gasteiger partial charge in [0.2, 0.25) is 5.91 Å². The first kappa shape index (κ1) is 15.6. The van der Waals surface area contributed by atoms with Crippen LogP contribution in [0.4, 0.5) is 0 Å². The van der Waals surface area contributed by atoms with E-state index in [0.29, 0.717) is 0 Å². The number of primary amides is 1. The molecule has 0 bridgehead atoms. The third kappa shape index (κ3) is 3.94. The molecule has 2 aromatic rings. The minimum Gasteiger partial charge on any atom is -0.368 e. The van der Waals surface area contributed by atoms with Gasteiger partial charge in [-0.1, -0.05) is 36.4 Å². The fourth-order valence-electron chi connectivity index (χ4n) is 3.09. The van der Waals surface area contributed by atoms with E-state index in [9.17, 15) is 4.79 Å². The minimum atomic E-state index is -0.340. The molecule has 1 aliphatic rings. The second kappa shape index (κ2) is 7.35. The van der Waals surface area contributed by atoms with Gasteiger partial charge in [-0.2, -0.15) is 0 Å². The van der Waals surface area contributed by atoms with Crippen molar-refractivity contribution in [2.24, 2.45) is 5.73 Å². The number of hydrogen-bond donors (Lipinski definition) is 1. The van der Waals surface area contributed by atoms with Crippen LogP contribution >= 0.6 is 0 Å². The van der Waals surface area contributed by atoms with E-state index in [1.807, 2.05) is 54.7 Å². The van der Waals surface area contributed by atoms with Gasteiger partial charge >= 0.3 is 0 Å². The van der Waals surface area contributed by atoms with Crippen LogP contribution in [0, 0.1) is 0 Å². The highest BCUT2D eigenvalue weighted by Gasteiger charge is 2.28. The van der Waals surface area contributed by atoms with E-state index in [1.54, 1.807) is 0 Å². The molecule has 0 saturated carbocycles. The maximum atomic E-state index is 11.9. The first-order valence-electron chi connectivity index (χ1n) is 7.94. The van der Waals surface area contributed by atoms with Gasteiger partial charge in [-0.25, -0.2) is 0 Å². The number of rotatable bonds is 5. The molecule has 1 unspecified atom stereocenters. The molecule has 1 atom stereocenters. The first-order valence-corrected chi connectivity index (χ1v) is 7.94. The molecule has 3 rings (SSSR count). The summed E-state index contributed by atoms with van der Waals surface area (Å²) < 4.78 is 0. The van der Waals surface area contributed by atoms with Crippen LogP contribution < -0.4 is 5.73 Å². The van der Waals surface area contributed by atoms with Crippen molar-refractivity contribution >= 4 is 5.91 Å². The van der Waals surface area contributed by atoms with Crippen LogP contribution in [-0.2, 0) is 11.3 Å². The highest BCUT2D eigenvalue weighted by Crippen LogP contribution is 2.22. The number of carbonyl (C=O) groups is 1. The molecule has 1 fully saturated rings. The van der Waals surface area contributed by atoms with Crippen molar-refractivity contribution in [2.45, 2.75) is 12.6 Å². The summed E-state index contributed by atoms with van der Waals surface area (Å²) in [6.07, 6.45) is 1.82. The number of amides is 1. The largest absolute Gasteiger partial charge is 0.368 e. The second-order valence-corrected chi connectivity index (χ2v) is 5.85. The van der Waals surface area contributed by atoms with Gasteiger partial charge in [0, 0.05) is 38.9 Å². The van der Waals surface area contributed by atoms with Crippen LogP contribution in [0.3, 0.4) is 0 Å². The summed E-state index contributed by atoms with van der Waals surface area (Å²) in [4.78, 5) is 20.8. The standard InChI is InChI=1S/C18H22N4O/c19-18(23)17(15-6-2-1-3-7-15)22-12-10-21(11-13-22)14-16-8-4-5-9-20-16/h1-9,17H,10-14H2,(H2,19,23). The quantitative estimate of drug-likeness (QED) is 0.907. The van der Waals surface area contributed by atoms with Crippen molar-refractivity contribution in [1.82, 2.24) is 14.8 Å². The summed E-state index contributed by atoms with van der Waals surface area (Å²) in [5.41, 5.74) is 7.70. The lowest BCUT2D eigenvalue weighted by molar-refractivity contribution is -0.124. The predicted octanol–water partition coefficient (Wildman–Crippen LogP) is 1.43. The Bertz CT molecular complexity index is 624. The lowest BCUT2D eigenvalue weighted by Gasteiger charge is -2.38. The Morgan fingerprint density at radius 1 is 1.04 bits per heavy atom. The zero-order chi connectivity index (χ0) is 16.1. The van der Waals surface area contributed by atoms with Gasteiger partial charge in [0.25, 0.3) is 0 Å². The van der Waals surface area contributed by atoms with Crippen molar-refractivity contribution in [2.75, 3.05) is 26.2 Å². The lowest BCUT2D eigenvalue weighted by Crippen LogP contribution is -2.50. The topological polar surface area (TPSA) is 62.5 Å². The molecule has 0 spiro atoms. The van der Waals surface area contributed by atoms with E-state index < -0.39 is 0 Å². The minimum absolute atomic E-state index is 0.283. The Labute approximate surface area is 136 Å². The van der Waals surface area contributed by atoms with Gasteiger partial charge in [-0.05, 0) is 17.7 Å². The molecule has 5 nitrogen and oxygen atoms in total. The highest BCUT2D eigenvalue weighted by atomic mass is 16.1. The Morgan fingerprint density at radius 2 is 1.74 bits per heavy atom. The zero-order valence-electron chi connectivity index (χ0n) is 13.1. The molecule has 1 amide bonds. The van der Waals surface area contributed by atoms with Crippen LogP contribution in [0.5, 0.6) is 0 Å². The van der Waals surface area contributed by atoms with E-state index in [4.69, 9.17) is 5.73 Å². The maximum absolute atomic E-state index is 11.9. The predicted molar refractivity (Wildman–Crippen MR) is 89.5 cm³/mol. The second-order valence-electron chi connectivity index (χ2n) is 5.85. The monoisotopic (exact) mass is 310 g/mol. The summed E-state index contributed by atoms with van der Waals surface area (Å²) in [5.74, 6) is -0.283. The fourth-order valence-corrected chi connectivity index (χ4v) is 3.09. The average Bonchev–Trinajstić information content (AvgIpc) is 2.58. The molecule has 0 aliphatic carbocycles. The summed E-state index contributed by atoms with van der Waals surface area (Å²) in [6.45, 7) is 4.33. The number of pyridine rings is 1. The van der Waals surface area contributed by atoms with Gasteiger partial charge in [0.15, 0.2) is 0 Å². The molecule has 1 aliphatic heterocycles. The first-order chi connectivity index (χ1) is 11.2. The fraction of sp³-hybridized carbons (Fsp3) is 0.333. The average molecular weight is 310 g/mol. The van der Waals surface area contributed by atoms with E-state index in [1.165, 1.54) is 0 Å². The summed E-state index contributed by atoms with van der Waals surface area (Å²) in [5, 5.41) is 0. The summed E-state index contributed by atoms with van der Waals surface area (Å²) in [6, 6.07) is 15.4. The normalized spacial score (nSPS) is 17.7. The van der Waals surface area contributed by atoms with Crippen LogP contribution in [0.15, 0.2) is 54.7 Å².